The highest BCUT2D eigenvalue weighted by Gasteiger charge is 2.31. The molecule has 1 N–H and O–H groups in total. The monoisotopic (exact) mass is 387 g/mol. The predicted molar refractivity (Wildman–Crippen MR) is 90.8 cm³/mol. The minimum atomic E-state index is -0.805. The summed E-state index contributed by atoms with van der Waals surface area (Å²) in [6, 6.07) is 9.70. The number of hydrogen-bond acceptors (Lipinski definition) is 3. The Labute approximate surface area is 142 Å². The Morgan fingerprint density at radius 1 is 1.33 bits per heavy atom. The summed E-state index contributed by atoms with van der Waals surface area (Å²) in [5.74, 6) is -0.805. The summed E-state index contributed by atoms with van der Waals surface area (Å²) in [6.45, 7) is 0.779. The largest absolute Gasteiger partial charge is 0.480 e. The molecule has 0 amide bonds. The molecule has 3 rings (SSSR count). The van der Waals surface area contributed by atoms with Crippen molar-refractivity contribution >= 4 is 45.9 Å². The van der Waals surface area contributed by atoms with E-state index in [1.165, 1.54) is 10.4 Å². The van der Waals surface area contributed by atoms with Gasteiger partial charge in [0.1, 0.15) is 0 Å². The van der Waals surface area contributed by atoms with Crippen molar-refractivity contribution in [2.24, 2.45) is 0 Å². The number of carbonyl (C=O) groups is 1. The molecule has 2 aromatic rings. The maximum Gasteiger partial charge on any atom is 0.317 e. The Balaban J connectivity index is 0.00000161. The van der Waals surface area contributed by atoms with Crippen LogP contribution in [0, 0.1) is 0 Å². The van der Waals surface area contributed by atoms with E-state index in [4.69, 9.17) is 16.7 Å². The zero-order chi connectivity index (χ0) is 14.1. The highest BCUT2D eigenvalue weighted by Crippen LogP contribution is 2.39. The fourth-order valence-electron chi connectivity index (χ4n) is 2.77. The van der Waals surface area contributed by atoms with Gasteiger partial charge in [-0.25, -0.2) is 0 Å². The second kappa shape index (κ2) is 6.92. The molecule has 0 aliphatic carbocycles. The van der Waals surface area contributed by atoms with Crippen LogP contribution >= 0.6 is 39.9 Å². The van der Waals surface area contributed by atoms with Crippen LogP contribution < -0.4 is 0 Å². The third kappa shape index (κ3) is 3.31. The zero-order valence-corrected chi connectivity index (χ0v) is 14.4. The van der Waals surface area contributed by atoms with Gasteiger partial charge in [0.05, 0.1) is 12.6 Å². The number of carboxylic acid groups (broad SMARTS) is 1. The van der Waals surface area contributed by atoms with Gasteiger partial charge >= 0.3 is 5.97 Å². The average molecular weight is 389 g/mol. The molecule has 3 nitrogen and oxygen atoms in total. The Bertz CT molecular complexity index is 646. The lowest BCUT2D eigenvalue weighted by atomic mass is 9.93. The van der Waals surface area contributed by atoms with Crippen molar-refractivity contribution in [1.29, 1.82) is 0 Å². The first-order valence-corrected chi connectivity index (χ1v) is 7.69. The van der Waals surface area contributed by atoms with Crippen molar-refractivity contribution in [3.05, 3.63) is 56.7 Å². The van der Waals surface area contributed by atoms with Crippen LogP contribution in [0.3, 0.4) is 0 Å². The third-order valence-corrected chi connectivity index (χ3v) is 4.94. The molecule has 0 radical (unpaired) electrons. The van der Waals surface area contributed by atoms with Gasteiger partial charge in [-0.05, 0) is 35.1 Å². The van der Waals surface area contributed by atoms with E-state index >= 15 is 0 Å². The van der Waals surface area contributed by atoms with Crippen molar-refractivity contribution in [2.75, 3.05) is 13.1 Å². The molecule has 0 fully saturated rings. The molecule has 21 heavy (non-hydrogen) atoms. The molecule has 6 heteroatoms. The van der Waals surface area contributed by atoms with E-state index in [1.807, 2.05) is 29.2 Å². The first-order chi connectivity index (χ1) is 9.66. The molecule has 1 aromatic carbocycles. The summed E-state index contributed by atoms with van der Waals surface area (Å²) in [5.41, 5.74) is 2.17. The first-order valence-electron chi connectivity index (χ1n) is 6.43. The molecular weight excluding hydrogens is 374 g/mol. The maximum absolute atomic E-state index is 11.1. The normalized spacial score (nSPS) is 17.9. The van der Waals surface area contributed by atoms with E-state index in [0.717, 1.165) is 18.5 Å². The van der Waals surface area contributed by atoms with Gasteiger partial charge < -0.3 is 5.11 Å². The number of fused-ring (bicyclic) bond motifs is 1. The number of nitrogens with zero attached hydrogens (tertiary/aromatic N) is 1. The summed E-state index contributed by atoms with van der Waals surface area (Å²) < 4.78 is 0. The third-order valence-electron chi connectivity index (χ3n) is 3.60. The van der Waals surface area contributed by atoms with Gasteiger partial charge in [0.2, 0.25) is 0 Å². The summed E-state index contributed by atoms with van der Waals surface area (Å²) in [5, 5.41) is 11.9. The molecule has 2 heterocycles. The Hall–Kier alpha value is -0.880. The second-order valence-corrected chi connectivity index (χ2v) is 6.25. The fourth-order valence-corrected chi connectivity index (χ4v) is 3.92. The lowest BCUT2D eigenvalue weighted by Gasteiger charge is -2.35. The van der Waals surface area contributed by atoms with Crippen LogP contribution in [-0.4, -0.2) is 29.1 Å². The van der Waals surface area contributed by atoms with Crippen LogP contribution in [-0.2, 0) is 11.2 Å². The number of carboxylic acids is 1. The molecule has 1 atom stereocenters. The van der Waals surface area contributed by atoms with E-state index in [2.05, 4.69) is 11.4 Å². The molecule has 0 saturated carbocycles. The molecule has 112 valence electrons. The quantitative estimate of drug-likeness (QED) is 0.863. The van der Waals surface area contributed by atoms with Crippen molar-refractivity contribution in [1.82, 2.24) is 4.90 Å². The van der Waals surface area contributed by atoms with Gasteiger partial charge in [0.15, 0.2) is 0 Å². The van der Waals surface area contributed by atoms with E-state index in [1.54, 1.807) is 11.3 Å². The van der Waals surface area contributed by atoms with E-state index in [-0.39, 0.29) is 29.6 Å². The Morgan fingerprint density at radius 3 is 2.81 bits per heavy atom. The van der Waals surface area contributed by atoms with Gasteiger partial charge in [-0.1, -0.05) is 29.8 Å². The molecule has 1 aliphatic heterocycles. The van der Waals surface area contributed by atoms with Crippen LogP contribution in [0.2, 0.25) is 5.02 Å². The van der Waals surface area contributed by atoms with Crippen LogP contribution in [0.25, 0.3) is 0 Å². The Morgan fingerprint density at radius 2 is 2.10 bits per heavy atom. The molecular formula is C15H15BrClNO2S. The van der Waals surface area contributed by atoms with Crippen LogP contribution in [0.1, 0.15) is 22.0 Å². The first kappa shape index (κ1) is 16.5. The molecule has 0 spiro atoms. The summed E-state index contributed by atoms with van der Waals surface area (Å²) in [4.78, 5) is 14.4. The van der Waals surface area contributed by atoms with E-state index < -0.39 is 5.97 Å². The van der Waals surface area contributed by atoms with Gasteiger partial charge in [0.25, 0.3) is 0 Å². The number of hydrogen-bond donors (Lipinski definition) is 1. The van der Waals surface area contributed by atoms with Crippen molar-refractivity contribution < 1.29 is 9.90 Å². The van der Waals surface area contributed by atoms with Gasteiger partial charge in [-0.2, -0.15) is 0 Å². The standard InChI is InChI=1S/C15H14ClNO2S.BrH/c16-12-4-2-1-3-10(12)15-11-6-8-20-13(11)5-7-17(15)9-14(18)19;/h1-4,6,8,15H,5,7,9H2,(H,18,19);1H/t15-;/m1./s1. The molecule has 0 saturated heterocycles. The molecule has 0 unspecified atom stereocenters. The summed E-state index contributed by atoms with van der Waals surface area (Å²) in [6.07, 6.45) is 0.904. The van der Waals surface area contributed by atoms with E-state index in [0.29, 0.717) is 5.02 Å². The number of aliphatic carboxylic acids is 1. The second-order valence-electron chi connectivity index (χ2n) is 4.84. The van der Waals surface area contributed by atoms with Gasteiger partial charge in [-0.15, -0.1) is 28.3 Å². The van der Waals surface area contributed by atoms with Gasteiger partial charge in [-0.3, -0.25) is 9.69 Å². The number of rotatable bonds is 3. The minimum absolute atomic E-state index is 0. The molecule has 1 aliphatic rings. The lowest BCUT2D eigenvalue weighted by Crippen LogP contribution is -2.39. The highest BCUT2D eigenvalue weighted by atomic mass is 79.9. The molecule has 0 bridgehead atoms. The predicted octanol–water partition coefficient (Wildman–Crippen LogP) is 4.01. The van der Waals surface area contributed by atoms with E-state index in [9.17, 15) is 4.79 Å². The van der Waals surface area contributed by atoms with Crippen molar-refractivity contribution in [3.8, 4) is 0 Å². The zero-order valence-electron chi connectivity index (χ0n) is 11.2. The lowest BCUT2D eigenvalue weighted by molar-refractivity contribution is -0.138. The van der Waals surface area contributed by atoms with Crippen LogP contribution in [0.5, 0.6) is 0 Å². The van der Waals surface area contributed by atoms with Gasteiger partial charge in [0, 0.05) is 16.4 Å². The average Bonchev–Trinajstić information content (AvgIpc) is 2.87. The number of benzene rings is 1. The SMILES string of the molecule is Br.O=C(O)CN1CCc2sccc2[C@H]1c1ccccc1Cl. The topological polar surface area (TPSA) is 40.5 Å². The van der Waals surface area contributed by atoms with Crippen LogP contribution in [0.15, 0.2) is 35.7 Å². The molecule has 1 aromatic heterocycles. The van der Waals surface area contributed by atoms with Crippen molar-refractivity contribution in [3.63, 3.8) is 0 Å². The number of halogens is 2. The smallest absolute Gasteiger partial charge is 0.317 e. The number of thiophene rings is 1. The minimum Gasteiger partial charge on any atom is -0.480 e. The fraction of sp³-hybridized carbons (Fsp3) is 0.267. The Kier molecular flexibility index (Phi) is 5.43. The van der Waals surface area contributed by atoms with Crippen molar-refractivity contribution in [2.45, 2.75) is 12.5 Å². The van der Waals surface area contributed by atoms with Crippen LogP contribution in [0.4, 0.5) is 0 Å². The summed E-state index contributed by atoms with van der Waals surface area (Å²) in [7, 11) is 0. The highest BCUT2D eigenvalue weighted by molar-refractivity contribution is 8.93. The maximum atomic E-state index is 11.1. The summed E-state index contributed by atoms with van der Waals surface area (Å²) >= 11 is 8.06.